The fourth-order valence-corrected chi connectivity index (χ4v) is 6.19. The van der Waals surface area contributed by atoms with E-state index in [-0.39, 0.29) is 16.7 Å². The first kappa shape index (κ1) is 23.4. The number of amides is 1. The molecule has 1 unspecified atom stereocenters. The van der Waals surface area contributed by atoms with Crippen LogP contribution in [0.4, 0.5) is 5.69 Å². The van der Waals surface area contributed by atoms with Crippen molar-refractivity contribution in [3.63, 3.8) is 0 Å². The van der Waals surface area contributed by atoms with Gasteiger partial charge in [-0.05, 0) is 42.5 Å². The van der Waals surface area contributed by atoms with Crippen molar-refractivity contribution in [2.75, 3.05) is 50.4 Å². The molecule has 1 N–H and O–H groups in total. The second-order valence-corrected chi connectivity index (χ2v) is 11.3. The second-order valence-electron chi connectivity index (χ2n) is 7.91. The first-order valence-corrected chi connectivity index (χ1v) is 13.3. The number of nitrogens with zero attached hydrogens (tertiary/aromatic N) is 2. The number of anilines is 1. The summed E-state index contributed by atoms with van der Waals surface area (Å²) in [5, 5.41) is 3.53. The Morgan fingerprint density at radius 2 is 1.84 bits per heavy atom. The molecule has 1 saturated heterocycles. The molecule has 7 nitrogen and oxygen atoms in total. The largest absolute Gasteiger partial charge is 0.492 e. The van der Waals surface area contributed by atoms with E-state index in [0.29, 0.717) is 49.2 Å². The second kappa shape index (κ2) is 10.0. The summed E-state index contributed by atoms with van der Waals surface area (Å²) >= 11 is 7.45. The number of nitrogens with one attached hydrogen (secondary N) is 1. The maximum absolute atomic E-state index is 13.2. The van der Waals surface area contributed by atoms with Crippen molar-refractivity contribution in [2.45, 2.75) is 16.7 Å². The first-order valence-electron chi connectivity index (χ1n) is 10.5. The summed E-state index contributed by atoms with van der Waals surface area (Å²) in [7, 11) is -3.63. The van der Waals surface area contributed by atoms with Gasteiger partial charge < -0.3 is 10.1 Å². The standard InChI is InChI=1S/C22H26ClN3O4S2/c1-16-15-31-21-7-6-19(14-20(21)24-22(16)27)32(28,29)26-10-8-25(9-11-26)12-13-30-18-4-2-17(23)3-5-18/h2-7,14,16H,8-13,15H2,1H3,(H,24,27). The number of fused-ring (bicyclic) bond motifs is 1. The third-order valence-electron chi connectivity index (χ3n) is 5.60. The van der Waals surface area contributed by atoms with Gasteiger partial charge in [-0.1, -0.05) is 18.5 Å². The molecule has 1 atom stereocenters. The lowest BCUT2D eigenvalue weighted by Crippen LogP contribution is -2.49. The molecule has 0 bridgehead atoms. The van der Waals surface area contributed by atoms with Crippen LogP contribution >= 0.6 is 23.4 Å². The zero-order valence-electron chi connectivity index (χ0n) is 17.8. The SMILES string of the molecule is CC1CSc2ccc(S(=O)(=O)N3CCN(CCOc4ccc(Cl)cc4)CC3)cc2NC1=O. The van der Waals surface area contributed by atoms with Crippen molar-refractivity contribution in [1.82, 2.24) is 9.21 Å². The highest BCUT2D eigenvalue weighted by atomic mass is 35.5. The molecule has 1 amide bonds. The molecule has 2 heterocycles. The third kappa shape index (κ3) is 5.40. The number of hydrogen-bond acceptors (Lipinski definition) is 6. The van der Waals surface area contributed by atoms with Crippen LogP contribution in [-0.2, 0) is 14.8 Å². The molecule has 2 aliphatic heterocycles. The lowest BCUT2D eigenvalue weighted by atomic mass is 10.2. The molecule has 2 aromatic rings. The Bertz CT molecular complexity index is 1070. The molecule has 172 valence electrons. The zero-order valence-corrected chi connectivity index (χ0v) is 20.2. The van der Waals surface area contributed by atoms with Crippen LogP contribution < -0.4 is 10.1 Å². The van der Waals surface area contributed by atoms with Crippen molar-refractivity contribution in [1.29, 1.82) is 0 Å². The van der Waals surface area contributed by atoms with Crippen LogP contribution in [0.3, 0.4) is 0 Å². The van der Waals surface area contributed by atoms with E-state index >= 15 is 0 Å². The van der Waals surface area contributed by atoms with Gasteiger partial charge in [0.25, 0.3) is 0 Å². The normalized spacial score (nSPS) is 20.3. The van der Waals surface area contributed by atoms with Gasteiger partial charge in [0, 0.05) is 54.3 Å². The van der Waals surface area contributed by atoms with E-state index in [1.165, 1.54) is 4.31 Å². The summed E-state index contributed by atoms with van der Waals surface area (Å²) in [6, 6.07) is 12.2. The van der Waals surface area contributed by atoms with Crippen LogP contribution in [-0.4, -0.2) is 68.6 Å². The quantitative estimate of drug-likeness (QED) is 0.661. The van der Waals surface area contributed by atoms with Gasteiger partial charge in [-0.3, -0.25) is 9.69 Å². The topological polar surface area (TPSA) is 79.0 Å². The minimum Gasteiger partial charge on any atom is -0.492 e. The fraction of sp³-hybridized carbons (Fsp3) is 0.409. The van der Waals surface area contributed by atoms with Gasteiger partial charge >= 0.3 is 0 Å². The highest BCUT2D eigenvalue weighted by Crippen LogP contribution is 2.34. The average molecular weight is 496 g/mol. The number of benzene rings is 2. The number of thioether (sulfide) groups is 1. The Labute approximate surface area is 198 Å². The minimum absolute atomic E-state index is 0.0831. The molecular weight excluding hydrogens is 470 g/mol. The van der Waals surface area contributed by atoms with Crippen LogP contribution in [0.2, 0.25) is 5.02 Å². The molecule has 0 aliphatic carbocycles. The van der Waals surface area contributed by atoms with E-state index in [1.54, 1.807) is 42.1 Å². The summed E-state index contributed by atoms with van der Waals surface area (Å²) in [6.45, 7) is 5.21. The summed E-state index contributed by atoms with van der Waals surface area (Å²) in [4.78, 5) is 15.5. The number of carbonyl (C=O) groups excluding carboxylic acids is 1. The average Bonchev–Trinajstić information content (AvgIpc) is 2.93. The van der Waals surface area contributed by atoms with Crippen LogP contribution in [0.5, 0.6) is 5.75 Å². The molecule has 0 saturated carbocycles. The number of piperazine rings is 1. The van der Waals surface area contributed by atoms with Crippen LogP contribution in [0.15, 0.2) is 52.3 Å². The Kier molecular flexibility index (Phi) is 7.31. The van der Waals surface area contributed by atoms with Crippen molar-refractivity contribution in [2.24, 2.45) is 5.92 Å². The van der Waals surface area contributed by atoms with Crippen molar-refractivity contribution < 1.29 is 17.9 Å². The summed E-state index contributed by atoms with van der Waals surface area (Å²) in [5.74, 6) is 1.23. The molecule has 32 heavy (non-hydrogen) atoms. The van der Waals surface area contributed by atoms with Gasteiger partial charge in [0.2, 0.25) is 15.9 Å². The number of rotatable bonds is 6. The minimum atomic E-state index is -3.63. The number of carbonyl (C=O) groups is 1. The number of sulfonamides is 1. The van der Waals surface area contributed by atoms with E-state index in [4.69, 9.17) is 16.3 Å². The Hall–Kier alpha value is -1.78. The number of hydrogen-bond donors (Lipinski definition) is 1. The van der Waals surface area contributed by atoms with Crippen LogP contribution in [0.25, 0.3) is 0 Å². The molecule has 2 aliphatic rings. The van der Waals surface area contributed by atoms with Crippen molar-refractivity contribution in [3.8, 4) is 5.75 Å². The van der Waals surface area contributed by atoms with Gasteiger partial charge in [-0.2, -0.15) is 4.31 Å². The summed E-state index contributed by atoms with van der Waals surface area (Å²) in [6.07, 6.45) is 0. The predicted octanol–water partition coefficient (Wildman–Crippen LogP) is 3.41. The highest BCUT2D eigenvalue weighted by molar-refractivity contribution is 7.99. The molecule has 0 spiro atoms. The molecule has 0 radical (unpaired) electrons. The maximum Gasteiger partial charge on any atom is 0.243 e. The van der Waals surface area contributed by atoms with E-state index in [2.05, 4.69) is 10.2 Å². The summed E-state index contributed by atoms with van der Waals surface area (Å²) < 4.78 is 33.6. The molecule has 0 aromatic heterocycles. The predicted molar refractivity (Wildman–Crippen MR) is 127 cm³/mol. The number of halogens is 1. The molecule has 10 heteroatoms. The van der Waals surface area contributed by atoms with Crippen LogP contribution in [0, 0.1) is 5.92 Å². The molecule has 4 rings (SSSR count). The van der Waals surface area contributed by atoms with E-state index in [1.807, 2.05) is 19.1 Å². The van der Waals surface area contributed by atoms with Gasteiger partial charge in [0.15, 0.2) is 0 Å². The van der Waals surface area contributed by atoms with E-state index < -0.39 is 10.0 Å². The molecular formula is C22H26ClN3O4S2. The van der Waals surface area contributed by atoms with Crippen molar-refractivity contribution in [3.05, 3.63) is 47.5 Å². The Morgan fingerprint density at radius 3 is 2.56 bits per heavy atom. The Balaban J connectivity index is 1.33. The lowest BCUT2D eigenvalue weighted by Gasteiger charge is -2.33. The fourth-order valence-electron chi connectivity index (χ4n) is 3.61. The van der Waals surface area contributed by atoms with Crippen molar-refractivity contribution >= 4 is 45.0 Å². The molecule has 2 aromatic carbocycles. The number of ether oxygens (including phenoxy) is 1. The highest BCUT2D eigenvalue weighted by Gasteiger charge is 2.30. The maximum atomic E-state index is 13.2. The van der Waals surface area contributed by atoms with Gasteiger partial charge in [-0.25, -0.2) is 8.42 Å². The first-order chi connectivity index (χ1) is 15.3. The van der Waals surface area contributed by atoms with Gasteiger partial charge in [0.1, 0.15) is 12.4 Å². The van der Waals surface area contributed by atoms with Gasteiger partial charge in [0.05, 0.1) is 10.6 Å². The summed E-state index contributed by atoms with van der Waals surface area (Å²) in [5.41, 5.74) is 0.573. The van der Waals surface area contributed by atoms with E-state index in [9.17, 15) is 13.2 Å². The Morgan fingerprint density at radius 1 is 1.12 bits per heavy atom. The third-order valence-corrected chi connectivity index (χ3v) is 9.08. The zero-order chi connectivity index (χ0) is 22.7. The lowest BCUT2D eigenvalue weighted by molar-refractivity contribution is -0.118. The van der Waals surface area contributed by atoms with Gasteiger partial charge in [-0.15, -0.1) is 11.8 Å². The monoisotopic (exact) mass is 495 g/mol. The molecule has 1 fully saturated rings. The smallest absolute Gasteiger partial charge is 0.243 e. The van der Waals surface area contributed by atoms with E-state index in [0.717, 1.165) is 17.2 Å². The van der Waals surface area contributed by atoms with Crippen LogP contribution in [0.1, 0.15) is 6.92 Å².